The van der Waals surface area contributed by atoms with Crippen LogP contribution < -0.4 is 10.1 Å². The first-order valence-electron chi connectivity index (χ1n) is 7.15. The van der Waals surface area contributed by atoms with Crippen LogP contribution in [0.2, 0.25) is 0 Å². The molecule has 2 rings (SSSR count). The van der Waals surface area contributed by atoms with Crippen LogP contribution in [0.5, 0.6) is 5.75 Å². The van der Waals surface area contributed by atoms with Crippen molar-refractivity contribution in [1.82, 2.24) is 0 Å². The summed E-state index contributed by atoms with van der Waals surface area (Å²) >= 11 is 5.80. The van der Waals surface area contributed by atoms with Crippen molar-refractivity contribution < 1.29 is 9.53 Å². The summed E-state index contributed by atoms with van der Waals surface area (Å²) in [6.45, 7) is 4.14. The largest absolute Gasteiger partial charge is 0.489 e. The van der Waals surface area contributed by atoms with E-state index < -0.39 is 5.41 Å². The summed E-state index contributed by atoms with van der Waals surface area (Å²) in [7, 11) is 0. The molecule has 1 amide bonds. The lowest BCUT2D eigenvalue weighted by Gasteiger charge is -2.20. The van der Waals surface area contributed by atoms with Crippen LogP contribution in [-0.2, 0) is 11.4 Å². The molecule has 0 unspecified atom stereocenters. The molecule has 2 aromatic rings. The van der Waals surface area contributed by atoms with Gasteiger partial charge in [0.1, 0.15) is 12.4 Å². The van der Waals surface area contributed by atoms with Crippen LogP contribution in [0.15, 0.2) is 54.6 Å². The van der Waals surface area contributed by atoms with Gasteiger partial charge in [-0.25, -0.2) is 0 Å². The van der Waals surface area contributed by atoms with E-state index in [-0.39, 0.29) is 11.8 Å². The molecular formula is C18H20ClNO2. The number of rotatable bonds is 6. The summed E-state index contributed by atoms with van der Waals surface area (Å²) in [5.74, 6) is 0.941. The van der Waals surface area contributed by atoms with Crippen LogP contribution in [0, 0.1) is 5.41 Å². The summed E-state index contributed by atoms with van der Waals surface area (Å²) in [5.41, 5.74) is 1.25. The second-order valence-electron chi connectivity index (χ2n) is 5.77. The van der Waals surface area contributed by atoms with Gasteiger partial charge in [-0.05, 0) is 43.7 Å². The van der Waals surface area contributed by atoms with Crippen molar-refractivity contribution in [2.75, 3.05) is 11.2 Å². The van der Waals surface area contributed by atoms with Gasteiger partial charge in [-0.2, -0.15) is 0 Å². The highest BCUT2D eigenvalue weighted by atomic mass is 35.5. The van der Waals surface area contributed by atoms with Crippen molar-refractivity contribution in [3.63, 3.8) is 0 Å². The van der Waals surface area contributed by atoms with Gasteiger partial charge in [0, 0.05) is 11.6 Å². The van der Waals surface area contributed by atoms with Gasteiger partial charge in [-0.3, -0.25) is 4.79 Å². The highest BCUT2D eigenvalue weighted by Gasteiger charge is 2.26. The number of benzene rings is 2. The Labute approximate surface area is 136 Å². The molecule has 0 aromatic heterocycles. The minimum absolute atomic E-state index is 0.0968. The molecule has 0 radical (unpaired) electrons. The first-order valence-corrected chi connectivity index (χ1v) is 7.69. The zero-order chi connectivity index (χ0) is 16.0. The molecule has 0 fully saturated rings. The molecule has 0 atom stereocenters. The van der Waals surface area contributed by atoms with E-state index in [1.54, 1.807) is 0 Å². The molecule has 0 saturated heterocycles. The van der Waals surface area contributed by atoms with E-state index >= 15 is 0 Å². The number of amides is 1. The third-order valence-corrected chi connectivity index (χ3v) is 3.98. The van der Waals surface area contributed by atoms with E-state index in [2.05, 4.69) is 5.32 Å². The summed E-state index contributed by atoms with van der Waals surface area (Å²) < 4.78 is 5.71. The Bertz CT molecular complexity index is 609. The van der Waals surface area contributed by atoms with Gasteiger partial charge in [0.15, 0.2) is 0 Å². The highest BCUT2D eigenvalue weighted by molar-refractivity contribution is 6.20. The number of anilines is 1. The Morgan fingerprint density at radius 3 is 2.32 bits per heavy atom. The van der Waals surface area contributed by atoms with Gasteiger partial charge in [0.05, 0.1) is 5.41 Å². The fraction of sp³-hybridized carbons (Fsp3) is 0.278. The van der Waals surface area contributed by atoms with E-state index in [1.807, 2.05) is 68.4 Å². The fourth-order valence-corrected chi connectivity index (χ4v) is 1.86. The van der Waals surface area contributed by atoms with Crippen LogP contribution in [-0.4, -0.2) is 11.8 Å². The Kier molecular flexibility index (Phi) is 5.45. The van der Waals surface area contributed by atoms with Crippen molar-refractivity contribution in [1.29, 1.82) is 0 Å². The van der Waals surface area contributed by atoms with Crippen molar-refractivity contribution >= 4 is 23.2 Å². The molecule has 0 aliphatic heterocycles. The van der Waals surface area contributed by atoms with E-state index in [0.717, 1.165) is 17.0 Å². The Morgan fingerprint density at radius 2 is 1.73 bits per heavy atom. The molecule has 22 heavy (non-hydrogen) atoms. The lowest BCUT2D eigenvalue weighted by Crippen LogP contribution is -2.32. The zero-order valence-electron chi connectivity index (χ0n) is 12.8. The Balaban J connectivity index is 1.92. The number of alkyl halides is 1. The van der Waals surface area contributed by atoms with Crippen LogP contribution in [0.1, 0.15) is 19.4 Å². The number of ether oxygens (including phenoxy) is 1. The molecule has 3 nitrogen and oxygen atoms in total. The highest BCUT2D eigenvalue weighted by Crippen LogP contribution is 2.22. The molecular weight excluding hydrogens is 298 g/mol. The summed E-state index contributed by atoms with van der Waals surface area (Å²) in [5, 5.41) is 2.86. The molecule has 2 aromatic carbocycles. The minimum Gasteiger partial charge on any atom is -0.489 e. The van der Waals surface area contributed by atoms with Crippen molar-refractivity contribution in [2.45, 2.75) is 20.5 Å². The van der Waals surface area contributed by atoms with E-state index in [1.165, 1.54) is 0 Å². The van der Waals surface area contributed by atoms with Crippen molar-refractivity contribution in [3.8, 4) is 5.75 Å². The number of carbonyl (C=O) groups excluding carboxylic acids is 1. The van der Waals surface area contributed by atoms with Gasteiger partial charge in [0.25, 0.3) is 0 Å². The maximum Gasteiger partial charge on any atom is 0.231 e. The predicted octanol–water partition coefficient (Wildman–Crippen LogP) is 4.47. The average molecular weight is 318 g/mol. The smallest absolute Gasteiger partial charge is 0.231 e. The van der Waals surface area contributed by atoms with Gasteiger partial charge >= 0.3 is 0 Å². The normalized spacial score (nSPS) is 11.0. The maximum atomic E-state index is 12.0. The average Bonchev–Trinajstić information content (AvgIpc) is 2.55. The third-order valence-electron chi connectivity index (χ3n) is 3.31. The first-order chi connectivity index (χ1) is 10.5. The van der Waals surface area contributed by atoms with Gasteiger partial charge in [0.2, 0.25) is 5.91 Å². The molecule has 0 heterocycles. The standard InChI is InChI=1S/C18H20ClNO2/c1-18(2,13-19)17(21)20-15-8-10-16(11-9-15)22-12-14-6-4-3-5-7-14/h3-11H,12-13H2,1-2H3,(H,20,21). The lowest BCUT2D eigenvalue weighted by atomic mass is 9.95. The van der Waals surface area contributed by atoms with Gasteiger partial charge in [-0.1, -0.05) is 30.3 Å². The molecule has 0 saturated carbocycles. The SMILES string of the molecule is CC(C)(CCl)C(=O)Nc1ccc(OCc2ccccc2)cc1. The second-order valence-corrected chi connectivity index (χ2v) is 6.04. The van der Waals surface area contributed by atoms with Gasteiger partial charge in [-0.15, -0.1) is 11.6 Å². The van der Waals surface area contributed by atoms with Crippen molar-refractivity contribution in [2.24, 2.45) is 5.41 Å². The Morgan fingerprint density at radius 1 is 1.09 bits per heavy atom. The van der Waals surface area contributed by atoms with E-state index in [9.17, 15) is 4.79 Å². The number of carbonyl (C=O) groups is 1. The maximum absolute atomic E-state index is 12.0. The number of halogens is 1. The topological polar surface area (TPSA) is 38.3 Å². The van der Waals surface area contributed by atoms with Crippen LogP contribution in [0.3, 0.4) is 0 Å². The van der Waals surface area contributed by atoms with Gasteiger partial charge < -0.3 is 10.1 Å². The molecule has 0 aliphatic carbocycles. The van der Waals surface area contributed by atoms with Crippen LogP contribution in [0.4, 0.5) is 5.69 Å². The summed E-state index contributed by atoms with van der Waals surface area (Å²) in [4.78, 5) is 12.0. The summed E-state index contributed by atoms with van der Waals surface area (Å²) in [6.07, 6.45) is 0. The monoisotopic (exact) mass is 317 g/mol. The number of hydrogen-bond donors (Lipinski definition) is 1. The third kappa shape index (κ3) is 4.50. The Hall–Kier alpha value is -2.00. The molecule has 0 spiro atoms. The van der Waals surface area contributed by atoms with E-state index in [4.69, 9.17) is 16.3 Å². The molecule has 0 aliphatic rings. The molecule has 1 N–H and O–H groups in total. The summed E-state index contributed by atoms with van der Waals surface area (Å²) in [6, 6.07) is 17.3. The van der Waals surface area contributed by atoms with Crippen molar-refractivity contribution in [3.05, 3.63) is 60.2 Å². The van der Waals surface area contributed by atoms with Crippen LogP contribution >= 0.6 is 11.6 Å². The quantitative estimate of drug-likeness (QED) is 0.798. The van der Waals surface area contributed by atoms with Crippen LogP contribution in [0.25, 0.3) is 0 Å². The molecule has 0 bridgehead atoms. The minimum atomic E-state index is -0.593. The fourth-order valence-electron chi connectivity index (χ4n) is 1.74. The lowest BCUT2D eigenvalue weighted by molar-refractivity contribution is -0.122. The first kappa shape index (κ1) is 16.4. The number of nitrogens with one attached hydrogen (secondary N) is 1. The second kappa shape index (κ2) is 7.32. The molecule has 116 valence electrons. The van der Waals surface area contributed by atoms with E-state index in [0.29, 0.717) is 6.61 Å². The predicted molar refractivity (Wildman–Crippen MR) is 90.3 cm³/mol. The zero-order valence-corrected chi connectivity index (χ0v) is 13.6. The molecule has 4 heteroatoms. The number of hydrogen-bond acceptors (Lipinski definition) is 2.